The molecule has 2 aliphatic heterocycles. The van der Waals surface area contributed by atoms with Crippen LogP contribution in [-0.4, -0.2) is 48.3 Å². The van der Waals surface area contributed by atoms with Gasteiger partial charge in [0.05, 0.1) is 6.10 Å². The summed E-state index contributed by atoms with van der Waals surface area (Å²) < 4.78 is 11.2. The van der Waals surface area contributed by atoms with E-state index in [1.54, 1.807) is 0 Å². The first-order valence-corrected chi connectivity index (χ1v) is 10.00. The highest BCUT2D eigenvalue weighted by Gasteiger charge is 2.48. The van der Waals surface area contributed by atoms with Crippen molar-refractivity contribution in [1.29, 1.82) is 0 Å². The Labute approximate surface area is 156 Å². The van der Waals surface area contributed by atoms with E-state index in [1.165, 1.54) is 22.5 Å². The van der Waals surface area contributed by atoms with Crippen molar-refractivity contribution in [2.24, 2.45) is 0 Å². The van der Waals surface area contributed by atoms with Crippen LogP contribution in [0.1, 0.15) is 33.6 Å². The molecule has 0 saturated carbocycles. The zero-order chi connectivity index (χ0) is 17.7. The maximum absolute atomic E-state index is 13.0. The largest absolute Gasteiger partial charge is 0.485 e. The lowest BCUT2D eigenvalue weighted by Gasteiger charge is -2.42. The molecule has 0 bridgehead atoms. The van der Waals surface area contributed by atoms with Gasteiger partial charge >= 0.3 is 0 Å². The van der Waals surface area contributed by atoms with E-state index in [9.17, 15) is 9.90 Å². The lowest BCUT2D eigenvalue weighted by molar-refractivity contribution is 0.0364. The van der Waals surface area contributed by atoms with Crippen LogP contribution >= 0.6 is 11.3 Å². The third-order valence-corrected chi connectivity index (χ3v) is 6.97. The molecule has 1 aliphatic carbocycles. The quantitative estimate of drug-likeness (QED) is 0.837. The van der Waals surface area contributed by atoms with Gasteiger partial charge in [-0.25, -0.2) is 0 Å². The average Bonchev–Trinajstić information content (AvgIpc) is 3.22. The molecule has 2 aromatic rings. The number of nitrogens with zero attached hydrogens (tertiary/aromatic N) is 1. The highest BCUT2D eigenvalue weighted by atomic mass is 32.1. The standard InChI is InChI=1S/C20H21NO4S/c22-16-11-13-3-1-2-4-14(13)20(16)5-7-21(8-6-20)19(23)18-17-15(12-26-18)24-9-10-25-17/h1-4,12,16,22H,5-11H2/t16-/m1/s1. The minimum Gasteiger partial charge on any atom is -0.485 e. The Morgan fingerprint density at radius 1 is 1.19 bits per heavy atom. The molecule has 0 unspecified atom stereocenters. The lowest BCUT2D eigenvalue weighted by Crippen LogP contribution is -2.49. The Balaban J connectivity index is 1.36. The van der Waals surface area contributed by atoms with Gasteiger partial charge in [-0.3, -0.25) is 4.79 Å². The number of ether oxygens (including phenoxy) is 2. The van der Waals surface area contributed by atoms with Crippen LogP contribution in [0.15, 0.2) is 29.6 Å². The van der Waals surface area contributed by atoms with Gasteiger partial charge < -0.3 is 19.5 Å². The zero-order valence-corrected chi connectivity index (χ0v) is 15.3. The van der Waals surface area contributed by atoms with E-state index in [0.29, 0.717) is 49.1 Å². The van der Waals surface area contributed by atoms with Crippen molar-refractivity contribution < 1.29 is 19.4 Å². The first-order chi connectivity index (χ1) is 12.7. The van der Waals surface area contributed by atoms with E-state index in [2.05, 4.69) is 12.1 Å². The van der Waals surface area contributed by atoms with E-state index in [0.717, 1.165) is 12.8 Å². The summed E-state index contributed by atoms with van der Waals surface area (Å²) in [4.78, 5) is 15.5. The summed E-state index contributed by atoms with van der Waals surface area (Å²) >= 11 is 1.39. The number of hydrogen-bond donors (Lipinski definition) is 1. The number of aliphatic hydroxyl groups is 1. The predicted molar refractivity (Wildman–Crippen MR) is 98.3 cm³/mol. The fourth-order valence-electron chi connectivity index (χ4n) is 4.63. The molecule has 136 valence electrons. The van der Waals surface area contributed by atoms with Gasteiger partial charge in [0.25, 0.3) is 5.91 Å². The van der Waals surface area contributed by atoms with Gasteiger partial charge in [0.15, 0.2) is 11.5 Å². The monoisotopic (exact) mass is 371 g/mol. The fourth-order valence-corrected chi connectivity index (χ4v) is 5.53. The van der Waals surface area contributed by atoms with Gasteiger partial charge in [-0.1, -0.05) is 24.3 Å². The van der Waals surface area contributed by atoms with Crippen LogP contribution in [-0.2, 0) is 11.8 Å². The second-order valence-corrected chi connectivity index (χ2v) is 8.16. The topological polar surface area (TPSA) is 59.0 Å². The first kappa shape index (κ1) is 16.1. The Kier molecular flexibility index (Phi) is 3.72. The average molecular weight is 371 g/mol. The molecule has 0 radical (unpaired) electrons. The molecule has 1 saturated heterocycles. The molecule has 1 atom stereocenters. The van der Waals surface area contributed by atoms with E-state index in [1.807, 2.05) is 22.4 Å². The number of benzene rings is 1. The van der Waals surface area contributed by atoms with E-state index in [4.69, 9.17) is 9.47 Å². The Morgan fingerprint density at radius 3 is 2.81 bits per heavy atom. The minimum atomic E-state index is -0.358. The van der Waals surface area contributed by atoms with Crippen molar-refractivity contribution in [3.63, 3.8) is 0 Å². The Hall–Kier alpha value is -2.05. The Bertz CT molecular complexity index is 853. The van der Waals surface area contributed by atoms with Crippen LogP contribution in [0.25, 0.3) is 0 Å². The molecule has 1 spiro atoms. The number of amides is 1. The number of aliphatic hydroxyl groups excluding tert-OH is 1. The smallest absolute Gasteiger partial charge is 0.267 e. The van der Waals surface area contributed by atoms with Gasteiger partial charge in [0.2, 0.25) is 0 Å². The number of hydrogen-bond acceptors (Lipinski definition) is 5. The molecule has 3 heterocycles. The number of fused-ring (bicyclic) bond motifs is 3. The number of thiophene rings is 1. The van der Waals surface area contributed by atoms with Gasteiger partial charge in [-0.15, -0.1) is 11.3 Å². The fraction of sp³-hybridized carbons (Fsp3) is 0.450. The van der Waals surface area contributed by atoms with E-state index < -0.39 is 0 Å². The maximum atomic E-state index is 13.0. The summed E-state index contributed by atoms with van der Waals surface area (Å²) in [6, 6.07) is 8.33. The second-order valence-electron chi connectivity index (χ2n) is 7.28. The van der Waals surface area contributed by atoms with Crippen molar-refractivity contribution in [2.45, 2.75) is 30.8 Å². The van der Waals surface area contributed by atoms with E-state index >= 15 is 0 Å². The van der Waals surface area contributed by atoms with Crippen LogP contribution in [0.2, 0.25) is 0 Å². The third kappa shape index (κ3) is 2.28. The summed E-state index contributed by atoms with van der Waals surface area (Å²) in [7, 11) is 0. The van der Waals surface area contributed by atoms with Crippen LogP contribution < -0.4 is 9.47 Å². The maximum Gasteiger partial charge on any atom is 0.267 e. The summed E-state index contributed by atoms with van der Waals surface area (Å²) in [6.07, 6.45) is 1.95. The molecule has 1 aromatic carbocycles. The third-order valence-electron chi connectivity index (χ3n) is 6.04. The normalized spacial score (nSPS) is 23.1. The molecule has 6 heteroatoms. The summed E-state index contributed by atoms with van der Waals surface area (Å²) in [5, 5.41) is 12.6. The Morgan fingerprint density at radius 2 is 1.96 bits per heavy atom. The summed E-state index contributed by atoms with van der Waals surface area (Å²) in [5.74, 6) is 1.29. The molecule has 1 fully saturated rings. The molecule has 1 amide bonds. The minimum absolute atomic E-state index is 0.0115. The highest BCUT2D eigenvalue weighted by molar-refractivity contribution is 7.12. The molecular weight excluding hydrogens is 350 g/mol. The van der Waals surface area contributed by atoms with Gasteiger partial charge in [-0.05, 0) is 30.4 Å². The molecule has 26 heavy (non-hydrogen) atoms. The number of piperidine rings is 1. The number of rotatable bonds is 1. The van der Waals surface area contributed by atoms with Crippen molar-refractivity contribution in [3.05, 3.63) is 45.6 Å². The lowest BCUT2D eigenvalue weighted by atomic mass is 9.72. The second kappa shape index (κ2) is 5.99. The zero-order valence-electron chi connectivity index (χ0n) is 14.4. The first-order valence-electron chi connectivity index (χ1n) is 9.12. The number of carbonyl (C=O) groups is 1. The molecule has 1 N–H and O–H groups in total. The molecule has 5 nitrogen and oxygen atoms in total. The van der Waals surface area contributed by atoms with Crippen molar-refractivity contribution in [3.8, 4) is 11.5 Å². The SMILES string of the molecule is O=C(c1scc2c1OCCO2)N1CCC2(CC1)c1ccccc1C[C@H]2O. The predicted octanol–water partition coefficient (Wildman–Crippen LogP) is 2.61. The van der Waals surface area contributed by atoms with Gasteiger partial charge in [0.1, 0.15) is 18.1 Å². The van der Waals surface area contributed by atoms with Gasteiger partial charge in [0, 0.05) is 23.9 Å². The highest BCUT2D eigenvalue weighted by Crippen LogP contribution is 2.47. The number of carbonyl (C=O) groups excluding carboxylic acids is 1. The summed E-state index contributed by atoms with van der Waals surface area (Å²) in [5.41, 5.74) is 2.31. The molecule has 3 aliphatic rings. The summed E-state index contributed by atoms with van der Waals surface area (Å²) in [6.45, 7) is 2.31. The molecule has 5 rings (SSSR count). The van der Waals surface area contributed by atoms with Crippen LogP contribution in [0.5, 0.6) is 11.5 Å². The van der Waals surface area contributed by atoms with Gasteiger partial charge in [-0.2, -0.15) is 0 Å². The van der Waals surface area contributed by atoms with Crippen molar-refractivity contribution in [1.82, 2.24) is 4.90 Å². The number of likely N-dealkylation sites (tertiary alicyclic amines) is 1. The van der Waals surface area contributed by atoms with Crippen molar-refractivity contribution in [2.75, 3.05) is 26.3 Å². The molecule has 1 aromatic heterocycles. The van der Waals surface area contributed by atoms with Crippen LogP contribution in [0, 0.1) is 0 Å². The van der Waals surface area contributed by atoms with E-state index in [-0.39, 0.29) is 17.4 Å². The molecular formula is C20H21NO4S. The van der Waals surface area contributed by atoms with Crippen LogP contribution in [0.3, 0.4) is 0 Å². The van der Waals surface area contributed by atoms with Crippen molar-refractivity contribution >= 4 is 17.2 Å². The van der Waals surface area contributed by atoms with Crippen LogP contribution in [0.4, 0.5) is 0 Å².